The largest absolute Gasteiger partial charge is 0.490 e. The summed E-state index contributed by atoms with van der Waals surface area (Å²) in [5.74, 6) is 0.749. The topological polar surface area (TPSA) is 34.1 Å². The maximum absolute atomic E-state index is 5.65. The van der Waals surface area contributed by atoms with Crippen LogP contribution in [0.25, 0.3) is 0 Å². The number of nitrogens with one attached hydrogen (secondary N) is 1. The number of ether oxygens (including phenoxy) is 1. The number of halogens is 1. The van der Waals surface area contributed by atoms with Crippen LogP contribution in [0.5, 0.6) is 5.75 Å². The smallest absolute Gasteiger partial charge is 0.137 e. The molecule has 4 heteroatoms. The minimum absolute atomic E-state index is 0.343. The molecule has 0 aliphatic rings. The summed E-state index contributed by atoms with van der Waals surface area (Å²) in [6.07, 6.45) is 1.63. The van der Waals surface area contributed by atoms with E-state index in [4.69, 9.17) is 16.3 Å². The van der Waals surface area contributed by atoms with Gasteiger partial charge in [0.15, 0.2) is 0 Å². The molecule has 0 saturated carbocycles. The van der Waals surface area contributed by atoms with Crippen molar-refractivity contribution >= 4 is 11.6 Å². The van der Waals surface area contributed by atoms with E-state index in [0.717, 1.165) is 12.3 Å². The average Bonchev–Trinajstić information content (AvgIpc) is 2.17. The molecule has 1 aromatic rings. The second kappa shape index (κ2) is 5.83. The molecule has 0 unspecified atom stereocenters. The fourth-order valence-corrected chi connectivity index (χ4v) is 1.19. The zero-order valence-electron chi connectivity index (χ0n) is 8.46. The van der Waals surface area contributed by atoms with Crippen molar-refractivity contribution in [3.63, 3.8) is 0 Å². The highest BCUT2D eigenvalue weighted by atomic mass is 35.5. The second-order valence-electron chi connectivity index (χ2n) is 3.09. The molecule has 0 spiro atoms. The molecule has 0 aliphatic heterocycles. The predicted molar refractivity (Wildman–Crippen MR) is 57.9 cm³/mol. The zero-order chi connectivity index (χ0) is 10.4. The van der Waals surface area contributed by atoms with Crippen LogP contribution in [0.3, 0.4) is 0 Å². The number of aromatic nitrogens is 1. The van der Waals surface area contributed by atoms with Gasteiger partial charge in [0.05, 0.1) is 6.20 Å². The van der Waals surface area contributed by atoms with Crippen LogP contribution in [0.2, 0.25) is 5.15 Å². The number of nitrogens with zero attached hydrogens (tertiary/aromatic N) is 1. The van der Waals surface area contributed by atoms with Gasteiger partial charge in [0, 0.05) is 6.04 Å². The van der Waals surface area contributed by atoms with Crippen molar-refractivity contribution in [3.05, 3.63) is 23.5 Å². The monoisotopic (exact) mass is 214 g/mol. The molecule has 0 saturated heterocycles. The Kier molecular flexibility index (Phi) is 4.70. The van der Waals surface area contributed by atoms with Crippen molar-refractivity contribution in [2.75, 3.05) is 13.2 Å². The molecule has 1 N–H and O–H groups in total. The van der Waals surface area contributed by atoms with Gasteiger partial charge in [-0.15, -0.1) is 0 Å². The first-order valence-corrected chi connectivity index (χ1v) is 5.08. The lowest BCUT2D eigenvalue weighted by Crippen LogP contribution is -2.31. The van der Waals surface area contributed by atoms with Crippen LogP contribution < -0.4 is 10.1 Å². The van der Waals surface area contributed by atoms with E-state index in [1.165, 1.54) is 0 Å². The third-order valence-corrected chi connectivity index (χ3v) is 1.98. The van der Waals surface area contributed by atoms with E-state index < -0.39 is 0 Å². The van der Waals surface area contributed by atoms with Crippen molar-refractivity contribution in [2.45, 2.75) is 19.9 Å². The van der Waals surface area contributed by atoms with E-state index >= 15 is 0 Å². The van der Waals surface area contributed by atoms with Crippen molar-refractivity contribution in [1.82, 2.24) is 10.3 Å². The zero-order valence-corrected chi connectivity index (χ0v) is 9.21. The lowest BCUT2D eigenvalue weighted by molar-refractivity contribution is 0.274. The van der Waals surface area contributed by atoms with Gasteiger partial charge in [-0.05, 0) is 25.6 Å². The molecule has 3 nitrogen and oxygen atoms in total. The fraction of sp³-hybridized carbons (Fsp3) is 0.500. The first kappa shape index (κ1) is 11.3. The van der Waals surface area contributed by atoms with Gasteiger partial charge < -0.3 is 10.1 Å². The first-order chi connectivity index (χ1) is 6.72. The number of rotatable bonds is 5. The van der Waals surface area contributed by atoms with Gasteiger partial charge in [0.25, 0.3) is 0 Å². The predicted octanol–water partition coefficient (Wildman–Crippen LogP) is 2.11. The Morgan fingerprint density at radius 1 is 1.57 bits per heavy atom. The summed E-state index contributed by atoms with van der Waals surface area (Å²) in [6.45, 7) is 5.73. The van der Waals surface area contributed by atoms with E-state index in [9.17, 15) is 0 Å². The minimum Gasteiger partial charge on any atom is -0.490 e. The lowest BCUT2D eigenvalue weighted by atomic mass is 10.3. The molecular weight excluding hydrogens is 200 g/mol. The van der Waals surface area contributed by atoms with Crippen LogP contribution >= 0.6 is 11.6 Å². The molecule has 0 radical (unpaired) electrons. The van der Waals surface area contributed by atoms with E-state index in [0.29, 0.717) is 17.8 Å². The summed E-state index contributed by atoms with van der Waals surface area (Å²) in [7, 11) is 0. The Labute approximate surface area is 89.4 Å². The van der Waals surface area contributed by atoms with Gasteiger partial charge in [-0.25, -0.2) is 4.98 Å². The maximum Gasteiger partial charge on any atom is 0.137 e. The van der Waals surface area contributed by atoms with E-state index in [2.05, 4.69) is 24.1 Å². The van der Waals surface area contributed by atoms with Crippen molar-refractivity contribution in [3.8, 4) is 5.75 Å². The van der Waals surface area contributed by atoms with Crippen LogP contribution in [0.15, 0.2) is 18.3 Å². The van der Waals surface area contributed by atoms with Gasteiger partial charge in [0.1, 0.15) is 17.5 Å². The van der Waals surface area contributed by atoms with E-state index in [1.807, 2.05) is 6.07 Å². The highest BCUT2D eigenvalue weighted by Crippen LogP contribution is 2.11. The van der Waals surface area contributed by atoms with Crippen LogP contribution in [0.4, 0.5) is 0 Å². The number of hydrogen-bond acceptors (Lipinski definition) is 3. The van der Waals surface area contributed by atoms with Crippen molar-refractivity contribution in [2.24, 2.45) is 0 Å². The first-order valence-electron chi connectivity index (χ1n) is 4.70. The maximum atomic E-state index is 5.65. The summed E-state index contributed by atoms with van der Waals surface area (Å²) < 4.78 is 5.49. The van der Waals surface area contributed by atoms with Crippen LogP contribution in [-0.4, -0.2) is 24.2 Å². The third kappa shape index (κ3) is 3.94. The summed E-state index contributed by atoms with van der Waals surface area (Å²) >= 11 is 5.65. The van der Waals surface area contributed by atoms with E-state index in [1.54, 1.807) is 12.3 Å². The van der Waals surface area contributed by atoms with Crippen LogP contribution in [-0.2, 0) is 0 Å². The number of pyridine rings is 1. The fourth-order valence-electron chi connectivity index (χ4n) is 1.08. The number of likely N-dealkylation sites (N-methyl/N-ethyl adjacent to an activating group) is 1. The molecule has 14 heavy (non-hydrogen) atoms. The third-order valence-electron chi connectivity index (χ3n) is 1.75. The van der Waals surface area contributed by atoms with Gasteiger partial charge in [-0.1, -0.05) is 18.5 Å². The van der Waals surface area contributed by atoms with Crippen molar-refractivity contribution < 1.29 is 4.74 Å². The lowest BCUT2D eigenvalue weighted by Gasteiger charge is -2.13. The van der Waals surface area contributed by atoms with Crippen LogP contribution in [0, 0.1) is 0 Å². The molecule has 0 aromatic carbocycles. The molecule has 1 aromatic heterocycles. The molecule has 1 heterocycles. The Morgan fingerprint density at radius 3 is 2.93 bits per heavy atom. The average molecular weight is 215 g/mol. The van der Waals surface area contributed by atoms with Gasteiger partial charge >= 0.3 is 0 Å². The Balaban J connectivity index is 2.34. The summed E-state index contributed by atoms with van der Waals surface area (Å²) in [4.78, 5) is 3.92. The molecule has 0 aliphatic carbocycles. The van der Waals surface area contributed by atoms with Crippen molar-refractivity contribution in [1.29, 1.82) is 0 Å². The molecule has 0 bridgehead atoms. The minimum atomic E-state index is 0.343. The van der Waals surface area contributed by atoms with E-state index in [-0.39, 0.29) is 0 Å². The standard InChI is InChI=1S/C10H15ClN2O/c1-3-12-8(2)7-14-9-4-5-10(11)13-6-9/h4-6,8,12H,3,7H2,1-2H3/t8-/m1/s1. The molecule has 0 amide bonds. The van der Waals surface area contributed by atoms with Gasteiger partial charge in [-0.2, -0.15) is 0 Å². The highest BCUT2D eigenvalue weighted by molar-refractivity contribution is 6.29. The highest BCUT2D eigenvalue weighted by Gasteiger charge is 2.00. The molecule has 0 fully saturated rings. The molecule has 78 valence electrons. The Bertz CT molecular complexity index is 263. The molecule has 1 atom stereocenters. The van der Waals surface area contributed by atoms with Gasteiger partial charge in [0.2, 0.25) is 0 Å². The Hall–Kier alpha value is -0.800. The molecule has 1 rings (SSSR count). The second-order valence-corrected chi connectivity index (χ2v) is 3.47. The Morgan fingerprint density at radius 2 is 2.36 bits per heavy atom. The van der Waals surface area contributed by atoms with Crippen LogP contribution in [0.1, 0.15) is 13.8 Å². The quantitative estimate of drug-likeness (QED) is 0.763. The summed E-state index contributed by atoms with van der Waals surface area (Å²) in [5, 5.41) is 3.74. The SMILES string of the molecule is CCN[C@H](C)COc1ccc(Cl)nc1. The summed E-state index contributed by atoms with van der Waals surface area (Å²) in [5.41, 5.74) is 0. The van der Waals surface area contributed by atoms with Gasteiger partial charge in [-0.3, -0.25) is 0 Å². The normalized spacial score (nSPS) is 12.5. The number of hydrogen-bond donors (Lipinski definition) is 1. The molecular formula is C10H15ClN2O. The summed E-state index contributed by atoms with van der Waals surface area (Å²) in [6, 6.07) is 3.87.